The molecule has 1 aliphatic rings. The van der Waals surface area contributed by atoms with Crippen molar-refractivity contribution >= 4 is 17.7 Å². The number of benzene rings is 1. The Hall–Kier alpha value is -2.45. The summed E-state index contributed by atoms with van der Waals surface area (Å²) in [5, 5.41) is 13.6. The molecular weight excluding hydrogens is 341 g/mol. The lowest BCUT2D eigenvalue weighted by molar-refractivity contribution is -0.141. The molecule has 25 heavy (non-hydrogen) atoms. The SMILES string of the molecule is CCOc1ccc(NC(=O)N[C@@H]2CC[C@H](C(=O)O)C2)c(C(F)(F)F)c1. The van der Waals surface area contributed by atoms with Crippen molar-refractivity contribution in [2.75, 3.05) is 11.9 Å². The summed E-state index contributed by atoms with van der Waals surface area (Å²) in [6, 6.07) is 2.12. The van der Waals surface area contributed by atoms with E-state index in [0.29, 0.717) is 12.8 Å². The summed E-state index contributed by atoms with van der Waals surface area (Å²) in [5.41, 5.74) is -1.40. The van der Waals surface area contributed by atoms with Crippen molar-refractivity contribution in [1.29, 1.82) is 0 Å². The van der Waals surface area contributed by atoms with Crippen molar-refractivity contribution in [3.8, 4) is 5.75 Å². The van der Waals surface area contributed by atoms with E-state index < -0.39 is 29.7 Å². The Morgan fingerprint density at radius 2 is 2.04 bits per heavy atom. The first-order valence-corrected chi connectivity index (χ1v) is 7.85. The van der Waals surface area contributed by atoms with Gasteiger partial charge < -0.3 is 20.5 Å². The molecule has 6 nitrogen and oxygen atoms in total. The summed E-state index contributed by atoms with van der Waals surface area (Å²) >= 11 is 0. The second-order valence-corrected chi connectivity index (χ2v) is 5.78. The third-order valence-corrected chi connectivity index (χ3v) is 3.97. The first-order chi connectivity index (χ1) is 11.7. The molecule has 0 unspecified atom stereocenters. The summed E-state index contributed by atoms with van der Waals surface area (Å²) < 4.78 is 44.6. The van der Waals surface area contributed by atoms with Gasteiger partial charge in [-0.2, -0.15) is 13.2 Å². The van der Waals surface area contributed by atoms with Gasteiger partial charge in [-0.1, -0.05) is 0 Å². The van der Waals surface area contributed by atoms with Crippen LogP contribution in [0.4, 0.5) is 23.7 Å². The van der Waals surface area contributed by atoms with E-state index in [2.05, 4.69) is 10.6 Å². The van der Waals surface area contributed by atoms with Crippen LogP contribution in [0.15, 0.2) is 18.2 Å². The number of carbonyl (C=O) groups excluding carboxylic acids is 1. The van der Waals surface area contributed by atoms with Gasteiger partial charge in [0.2, 0.25) is 0 Å². The lowest BCUT2D eigenvalue weighted by Crippen LogP contribution is -2.37. The van der Waals surface area contributed by atoms with E-state index in [1.807, 2.05) is 0 Å². The quantitative estimate of drug-likeness (QED) is 0.750. The van der Waals surface area contributed by atoms with Crippen LogP contribution in [0, 0.1) is 5.92 Å². The van der Waals surface area contributed by atoms with Crippen LogP contribution in [0.1, 0.15) is 31.7 Å². The maximum atomic E-state index is 13.2. The number of halogens is 3. The Morgan fingerprint density at radius 1 is 1.32 bits per heavy atom. The molecule has 2 rings (SSSR count). The van der Waals surface area contributed by atoms with Gasteiger partial charge in [-0.05, 0) is 44.4 Å². The van der Waals surface area contributed by atoms with Crippen LogP contribution in [0.25, 0.3) is 0 Å². The number of carboxylic acid groups (broad SMARTS) is 1. The molecule has 2 atom stereocenters. The highest BCUT2D eigenvalue weighted by Crippen LogP contribution is 2.37. The minimum Gasteiger partial charge on any atom is -0.494 e. The fourth-order valence-corrected chi connectivity index (χ4v) is 2.80. The van der Waals surface area contributed by atoms with Gasteiger partial charge >= 0.3 is 18.2 Å². The first-order valence-electron chi connectivity index (χ1n) is 7.85. The highest BCUT2D eigenvalue weighted by Gasteiger charge is 2.35. The molecule has 0 spiro atoms. The molecule has 1 aromatic rings. The highest BCUT2D eigenvalue weighted by atomic mass is 19.4. The van der Waals surface area contributed by atoms with Crippen molar-refractivity contribution in [1.82, 2.24) is 5.32 Å². The van der Waals surface area contributed by atoms with Crippen LogP contribution in [-0.2, 0) is 11.0 Å². The minimum absolute atomic E-state index is 0.0564. The van der Waals surface area contributed by atoms with Gasteiger partial charge in [-0.25, -0.2) is 4.79 Å². The largest absolute Gasteiger partial charge is 0.494 e. The Morgan fingerprint density at radius 3 is 2.60 bits per heavy atom. The zero-order chi connectivity index (χ0) is 18.6. The zero-order valence-corrected chi connectivity index (χ0v) is 13.5. The van der Waals surface area contributed by atoms with E-state index in [1.165, 1.54) is 6.07 Å². The Balaban J connectivity index is 2.06. The second kappa shape index (κ2) is 7.62. The van der Waals surface area contributed by atoms with Crippen molar-refractivity contribution in [3.63, 3.8) is 0 Å². The molecule has 2 amide bonds. The average Bonchev–Trinajstić information content (AvgIpc) is 2.96. The number of amides is 2. The number of urea groups is 1. The van der Waals surface area contributed by atoms with Gasteiger partial charge in [0.1, 0.15) is 5.75 Å². The molecule has 1 saturated carbocycles. The number of alkyl halides is 3. The lowest BCUT2D eigenvalue weighted by Gasteiger charge is -2.17. The predicted molar refractivity (Wildman–Crippen MR) is 83.5 cm³/mol. The molecule has 0 aromatic heterocycles. The van der Waals surface area contributed by atoms with Gasteiger partial charge in [0, 0.05) is 6.04 Å². The molecule has 0 bridgehead atoms. The molecule has 1 aromatic carbocycles. The van der Waals surface area contributed by atoms with Gasteiger partial charge in [0.05, 0.1) is 23.8 Å². The highest BCUT2D eigenvalue weighted by molar-refractivity contribution is 5.90. The molecule has 138 valence electrons. The van der Waals surface area contributed by atoms with Crippen LogP contribution in [0.2, 0.25) is 0 Å². The summed E-state index contributed by atoms with van der Waals surface area (Å²) in [7, 11) is 0. The van der Waals surface area contributed by atoms with E-state index >= 15 is 0 Å². The molecule has 1 fully saturated rings. The third kappa shape index (κ3) is 5.01. The maximum Gasteiger partial charge on any atom is 0.418 e. The topological polar surface area (TPSA) is 87.7 Å². The molecule has 0 aliphatic heterocycles. The molecule has 0 radical (unpaired) electrons. The van der Waals surface area contributed by atoms with Gasteiger partial charge in [-0.15, -0.1) is 0 Å². The zero-order valence-electron chi connectivity index (χ0n) is 13.5. The number of carbonyl (C=O) groups is 2. The van der Waals surface area contributed by atoms with Gasteiger partial charge in [0.25, 0.3) is 0 Å². The van der Waals surface area contributed by atoms with E-state index in [-0.39, 0.29) is 30.5 Å². The number of rotatable bonds is 5. The Labute approximate surface area is 142 Å². The maximum absolute atomic E-state index is 13.2. The molecule has 9 heteroatoms. The number of anilines is 1. The average molecular weight is 360 g/mol. The number of carboxylic acids is 1. The van der Waals surface area contributed by atoms with Crippen LogP contribution in [-0.4, -0.2) is 29.8 Å². The smallest absolute Gasteiger partial charge is 0.418 e. The Bertz CT molecular complexity index is 649. The summed E-state index contributed by atoms with van der Waals surface area (Å²) in [6.07, 6.45) is -3.49. The standard InChI is InChI=1S/C16H19F3N2O4/c1-2-25-11-5-6-13(12(8-11)16(17,18)19)21-15(24)20-10-4-3-9(7-10)14(22)23/h5-6,8-10H,2-4,7H2,1H3,(H,22,23)(H2,20,21,24)/t9-,10+/m0/s1. The third-order valence-electron chi connectivity index (χ3n) is 3.97. The van der Waals surface area contributed by atoms with Crippen LogP contribution in [0.3, 0.4) is 0 Å². The van der Waals surface area contributed by atoms with Gasteiger partial charge in [-0.3, -0.25) is 4.79 Å². The van der Waals surface area contributed by atoms with Crippen molar-refractivity contribution in [3.05, 3.63) is 23.8 Å². The lowest BCUT2D eigenvalue weighted by atomic mass is 10.1. The molecule has 0 heterocycles. The number of hydrogen-bond donors (Lipinski definition) is 3. The first kappa shape index (κ1) is 18.9. The number of hydrogen-bond acceptors (Lipinski definition) is 3. The predicted octanol–water partition coefficient (Wildman–Crippen LogP) is 3.48. The van der Waals surface area contributed by atoms with Crippen LogP contribution < -0.4 is 15.4 Å². The van der Waals surface area contributed by atoms with Crippen LogP contribution in [0.5, 0.6) is 5.75 Å². The fraction of sp³-hybridized carbons (Fsp3) is 0.500. The second-order valence-electron chi connectivity index (χ2n) is 5.78. The van der Waals surface area contributed by atoms with E-state index in [1.54, 1.807) is 6.92 Å². The molecular formula is C16H19F3N2O4. The normalized spacial score (nSPS) is 20.2. The van der Waals surface area contributed by atoms with Crippen LogP contribution >= 0.6 is 0 Å². The van der Waals surface area contributed by atoms with Crippen molar-refractivity contribution in [2.24, 2.45) is 5.92 Å². The van der Waals surface area contributed by atoms with E-state index in [0.717, 1.165) is 12.1 Å². The fourth-order valence-electron chi connectivity index (χ4n) is 2.80. The monoisotopic (exact) mass is 360 g/mol. The number of ether oxygens (including phenoxy) is 1. The summed E-state index contributed by atoms with van der Waals surface area (Å²) in [4.78, 5) is 22.9. The number of nitrogens with one attached hydrogen (secondary N) is 2. The minimum atomic E-state index is -4.66. The van der Waals surface area contributed by atoms with E-state index in [4.69, 9.17) is 9.84 Å². The molecule has 1 aliphatic carbocycles. The summed E-state index contributed by atoms with van der Waals surface area (Å²) in [6.45, 7) is 1.87. The summed E-state index contributed by atoms with van der Waals surface area (Å²) in [5.74, 6) is -1.42. The molecule has 3 N–H and O–H groups in total. The van der Waals surface area contributed by atoms with Crippen molar-refractivity contribution in [2.45, 2.75) is 38.4 Å². The Kier molecular flexibility index (Phi) is 5.76. The van der Waals surface area contributed by atoms with Crippen molar-refractivity contribution < 1.29 is 32.6 Å². The molecule has 0 saturated heterocycles. The van der Waals surface area contributed by atoms with Gasteiger partial charge in [0.15, 0.2) is 0 Å². The number of aliphatic carboxylic acids is 1. The van der Waals surface area contributed by atoms with E-state index in [9.17, 15) is 22.8 Å².